The molecule has 0 bridgehead atoms. The summed E-state index contributed by atoms with van der Waals surface area (Å²) in [6.07, 6.45) is 3.14. The van der Waals surface area contributed by atoms with Gasteiger partial charge < -0.3 is 5.11 Å². The average Bonchev–Trinajstić information content (AvgIpc) is 2.56. The van der Waals surface area contributed by atoms with Crippen LogP contribution in [0.1, 0.15) is 36.8 Å². The molecule has 0 aromatic carbocycles. The summed E-state index contributed by atoms with van der Waals surface area (Å²) >= 11 is 1.34. The van der Waals surface area contributed by atoms with Crippen molar-refractivity contribution in [2.24, 2.45) is 5.92 Å². The lowest BCUT2D eigenvalue weighted by atomic mass is 10.1. The van der Waals surface area contributed by atoms with Gasteiger partial charge in [0.25, 0.3) is 0 Å². The summed E-state index contributed by atoms with van der Waals surface area (Å²) in [7, 11) is 0. The highest BCUT2D eigenvalue weighted by Gasteiger charge is 2.55. The van der Waals surface area contributed by atoms with Crippen LogP contribution in [0.4, 0.5) is 0 Å². The van der Waals surface area contributed by atoms with E-state index >= 15 is 0 Å². The fourth-order valence-electron chi connectivity index (χ4n) is 1.91. The lowest BCUT2D eigenvalue weighted by Gasteiger charge is -2.06. The van der Waals surface area contributed by atoms with E-state index in [2.05, 4.69) is 16.5 Å². The van der Waals surface area contributed by atoms with Crippen molar-refractivity contribution >= 4 is 11.5 Å². The third kappa shape index (κ3) is 1.38. The summed E-state index contributed by atoms with van der Waals surface area (Å²) in [5.41, 5.74) is 0.319. The number of aromatic nitrogens is 2. The molecular formula is C9H14N2OS. The first-order valence-electron chi connectivity index (χ1n) is 4.70. The Kier molecular flexibility index (Phi) is 2.12. The molecular weight excluding hydrogens is 184 g/mol. The Hall–Kier alpha value is -0.480. The maximum atomic E-state index is 10.2. The quantitative estimate of drug-likeness (QED) is 0.806. The molecule has 1 heterocycles. The average molecular weight is 198 g/mol. The molecule has 1 aliphatic rings. The summed E-state index contributed by atoms with van der Waals surface area (Å²) in [5, 5.41) is 14.1. The van der Waals surface area contributed by atoms with Crippen LogP contribution in [0.2, 0.25) is 0 Å². The van der Waals surface area contributed by atoms with Crippen molar-refractivity contribution in [3.63, 3.8) is 0 Å². The molecule has 1 N–H and O–H groups in total. The number of aryl methyl sites for hydroxylation is 1. The van der Waals surface area contributed by atoms with Crippen LogP contribution in [-0.2, 0) is 5.60 Å². The minimum Gasteiger partial charge on any atom is -0.384 e. The first-order chi connectivity index (χ1) is 6.18. The Morgan fingerprint density at radius 3 is 3.00 bits per heavy atom. The molecule has 3 nitrogen and oxygen atoms in total. The fraction of sp³-hybridized carbons (Fsp3) is 0.778. The van der Waals surface area contributed by atoms with Crippen LogP contribution in [0, 0.1) is 12.8 Å². The van der Waals surface area contributed by atoms with E-state index in [0.717, 1.165) is 29.8 Å². The largest absolute Gasteiger partial charge is 0.384 e. The molecule has 1 aromatic rings. The van der Waals surface area contributed by atoms with Crippen LogP contribution < -0.4 is 0 Å². The molecule has 72 valence electrons. The topological polar surface area (TPSA) is 46.0 Å². The van der Waals surface area contributed by atoms with E-state index in [4.69, 9.17) is 0 Å². The van der Waals surface area contributed by atoms with E-state index < -0.39 is 5.60 Å². The Balaban J connectivity index is 2.15. The van der Waals surface area contributed by atoms with Crippen molar-refractivity contribution in [3.05, 3.63) is 10.6 Å². The highest BCUT2D eigenvalue weighted by atomic mass is 32.1. The van der Waals surface area contributed by atoms with Crippen molar-refractivity contribution in [1.29, 1.82) is 0 Å². The van der Waals surface area contributed by atoms with Gasteiger partial charge in [-0.2, -0.15) is 0 Å². The zero-order chi connectivity index (χ0) is 9.47. The lowest BCUT2D eigenvalue weighted by molar-refractivity contribution is 0.132. The molecule has 2 atom stereocenters. The van der Waals surface area contributed by atoms with Crippen LogP contribution in [-0.4, -0.2) is 14.7 Å². The second-order valence-electron chi connectivity index (χ2n) is 3.80. The van der Waals surface area contributed by atoms with Crippen molar-refractivity contribution in [1.82, 2.24) is 9.59 Å². The molecule has 1 aromatic heterocycles. The predicted molar refractivity (Wildman–Crippen MR) is 51.6 cm³/mol. The SMILES string of the molecule is CCCC1CC1(O)c1snnc1C. The molecule has 2 unspecified atom stereocenters. The van der Waals surface area contributed by atoms with Gasteiger partial charge in [-0.25, -0.2) is 0 Å². The van der Waals surface area contributed by atoms with Gasteiger partial charge in [0.2, 0.25) is 0 Å². The molecule has 0 spiro atoms. The van der Waals surface area contributed by atoms with Crippen LogP contribution >= 0.6 is 11.5 Å². The van der Waals surface area contributed by atoms with E-state index in [9.17, 15) is 5.11 Å². The molecule has 2 rings (SSSR count). The smallest absolute Gasteiger partial charge is 0.106 e. The molecule has 1 fully saturated rings. The third-order valence-corrected chi connectivity index (χ3v) is 3.75. The molecule has 0 aliphatic heterocycles. The summed E-state index contributed by atoms with van der Waals surface area (Å²) in [4.78, 5) is 0.978. The van der Waals surface area contributed by atoms with E-state index in [1.54, 1.807) is 0 Å². The zero-order valence-electron chi connectivity index (χ0n) is 7.95. The normalized spacial score (nSPS) is 32.1. The van der Waals surface area contributed by atoms with Crippen LogP contribution in [0.25, 0.3) is 0 Å². The minimum absolute atomic E-state index is 0.443. The number of nitrogens with zero attached hydrogens (tertiary/aromatic N) is 2. The summed E-state index contributed by atoms with van der Waals surface area (Å²) in [5.74, 6) is 0.443. The Labute approximate surface area is 82.0 Å². The van der Waals surface area contributed by atoms with Gasteiger partial charge in [-0.1, -0.05) is 17.8 Å². The monoisotopic (exact) mass is 198 g/mol. The number of hydrogen-bond acceptors (Lipinski definition) is 4. The molecule has 13 heavy (non-hydrogen) atoms. The number of hydrogen-bond donors (Lipinski definition) is 1. The maximum Gasteiger partial charge on any atom is 0.106 e. The van der Waals surface area contributed by atoms with Crippen LogP contribution in [0.5, 0.6) is 0 Å². The number of rotatable bonds is 3. The fourth-order valence-corrected chi connectivity index (χ4v) is 2.74. The molecule has 1 saturated carbocycles. The van der Waals surface area contributed by atoms with E-state index in [-0.39, 0.29) is 0 Å². The second-order valence-corrected chi connectivity index (χ2v) is 4.56. The highest BCUT2D eigenvalue weighted by Crippen LogP contribution is 2.55. The summed E-state index contributed by atoms with van der Waals surface area (Å²) < 4.78 is 3.85. The first-order valence-corrected chi connectivity index (χ1v) is 5.47. The summed E-state index contributed by atoms with van der Waals surface area (Å²) in [6.45, 7) is 4.06. The van der Waals surface area contributed by atoms with Gasteiger partial charge >= 0.3 is 0 Å². The first kappa shape index (κ1) is 9.09. The minimum atomic E-state index is -0.575. The Morgan fingerprint density at radius 1 is 1.69 bits per heavy atom. The highest BCUT2D eigenvalue weighted by molar-refractivity contribution is 7.05. The maximum absolute atomic E-state index is 10.2. The van der Waals surface area contributed by atoms with Gasteiger partial charge in [0.1, 0.15) is 5.60 Å². The van der Waals surface area contributed by atoms with Crippen molar-refractivity contribution in [3.8, 4) is 0 Å². The lowest BCUT2D eigenvalue weighted by Crippen LogP contribution is -2.08. The third-order valence-electron chi connectivity index (χ3n) is 2.75. The molecule has 4 heteroatoms. The van der Waals surface area contributed by atoms with Crippen LogP contribution in [0.15, 0.2) is 0 Å². The molecule has 0 radical (unpaired) electrons. The van der Waals surface area contributed by atoms with Gasteiger partial charge in [0, 0.05) is 0 Å². The molecule has 0 amide bonds. The van der Waals surface area contributed by atoms with Crippen molar-refractivity contribution < 1.29 is 5.11 Å². The summed E-state index contributed by atoms with van der Waals surface area (Å²) in [6, 6.07) is 0. The zero-order valence-corrected chi connectivity index (χ0v) is 8.77. The van der Waals surface area contributed by atoms with Crippen molar-refractivity contribution in [2.75, 3.05) is 0 Å². The predicted octanol–water partition coefficient (Wildman–Crippen LogP) is 1.85. The molecule has 0 saturated heterocycles. The van der Waals surface area contributed by atoms with Crippen molar-refractivity contribution in [2.45, 2.75) is 38.7 Å². The van der Waals surface area contributed by atoms with Crippen LogP contribution in [0.3, 0.4) is 0 Å². The molecule has 1 aliphatic carbocycles. The van der Waals surface area contributed by atoms with Gasteiger partial charge in [0.05, 0.1) is 10.6 Å². The second kappa shape index (κ2) is 3.03. The number of aliphatic hydroxyl groups is 1. The van der Waals surface area contributed by atoms with Gasteiger partial charge in [-0.15, -0.1) is 5.10 Å². The Bertz CT molecular complexity index is 312. The van der Waals surface area contributed by atoms with Gasteiger partial charge in [-0.3, -0.25) is 0 Å². The van der Waals surface area contributed by atoms with E-state index in [1.165, 1.54) is 11.5 Å². The van der Waals surface area contributed by atoms with E-state index in [1.807, 2.05) is 6.92 Å². The van der Waals surface area contributed by atoms with Gasteiger partial charge in [0.15, 0.2) is 0 Å². The van der Waals surface area contributed by atoms with Gasteiger partial charge in [-0.05, 0) is 37.2 Å². The Morgan fingerprint density at radius 2 is 2.46 bits per heavy atom. The standard InChI is InChI=1S/C9H14N2OS/c1-3-4-7-5-9(7,12)8-6(2)10-11-13-8/h7,12H,3-5H2,1-2H3. The van der Waals surface area contributed by atoms with E-state index in [0.29, 0.717) is 5.92 Å².